The Morgan fingerprint density at radius 2 is 0.645 bits per heavy atom. The van der Waals surface area contributed by atoms with E-state index >= 15 is 0 Å². The first-order valence-electron chi connectivity index (χ1n) is 13.6. The van der Waals surface area contributed by atoms with Gasteiger partial charge in [0.2, 0.25) is 0 Å². The molecule has 0 saturated carbocycles. The van der Waals surface area contributed by atoms with E-state index in [0.29, 0.717) is 0 Å². The van der Waals surface area contributed by atoms with Crippen molar-refractivity contribution in [1.82, 2.24) is 19.6 Å². The maximum Gasteiger partial charge on any atom is 0.00388 e. The van der Waals surface area contributed by atoms with Gasteiger partial charge in [-0.25, -0.2) is 0 Å². The van der Waals surface area contributed by atoms with Gasteiger partial charge in [0.15, 0.2) is 0 Å². The molecule has 4 atom stereocenters. The molecule has 31 heavy (non-hydrogen) atoms. The van der Waals surface area contributed by atoms with Gasteiger partial charge in [-0.3, -0.25) is 0 Å². The highest BCUT2D eigenvalue weighted by molar-refractivity contribution is 4.91. The molecule has 0 aromatic carbocycles. The normalized spacial score (nSPS) is 33.7. The minimum Gasteiger partial charge on any atom is -0.301 e. The van der Waals surface area contributed by atoms with Gasteiger partial charge in [-0.15, -0.1) is 0 Å². The number of piperidine rings is 3. The van der Waals surface area contributed by atoms with Crippen LogP contribution in [0.15, 0.2) is 0 Å². The summed E-state index contributed by atoms with van der Waals surface area (Å²) in [6.45, 7) is 29.4. The highest BCUT2D eigenvalue weighted by Gasteiger charge is 2.38. The van der Waals surface area contributed by atoms with Crippen molar-refractivity contribution in [3.05, 3.63) is 0 Å². The minimum atomic E-state index is 0.735. The van der Waals surface area contributed by atoms with E-state index in [1.54, 1.807) is 0 Å². The molecule has 0 radical (unpaired) electrons. The van der Waals surface area contributed by atoms with Gasteiger partial charge in [-0.05, 0) is 118 Å². The molecule has 0 amide bonds. The largest absolute Gasteiger partial charge is 0.301 e. The van der Waals surface area contributed by atoms with Crippen molar-refractivity contribution in [3.63, 3.8) is 0 Å². The van der Waals surface area contributed by atoms with Gasteiger partial charge in [0.05, 0.1) is 0 Å². The molecule has 0 aromatic rings. The second-order valence-corrected chi connectivity index (χ2v) is 12.2. The van der Waals surface area contributed by atoms with Crippen LogP contribution in [0.5, 0.6) is 0 Å². The van der Waals surface area contributed by atoms with Crippen molar-refractivity contribution < 1.29 is 0 Å². The lowest BCUT2D eigenvalue weighted by molar-refractivity contribution is 0.0197. The maximum atomic E-state index is 2.67. The molecular formula is C27H54N4. The van der Waals surface area contributed by atoms with Crippen LogP contribution in [0.3, 0.4) is 0 Å². The van der Waals surface area contributed by atoms with Gasteiger partial charge in [0.1, 0.15) is 0 Å². The van der Waals surface area contributed by atoms with Crippen LogP contribution in [0, 0.1) is 23.7 Å². The van der Waals surface area contributed by atoms with Crippen LogP contribution in [0.4, 0.5) is 0 Å². The van der Waals surface area contributed by atoms with E-state index in [2.05, 4.69) is 75.0 Å². The van der Waals surface area contributed by atoms with E-state index in [4.69, 9.17) is 0 Å². The third-order valence-electron chi connectivity index (χ3n) is 8.96. The Kier molecular flexibility index (Phi) is 9.29. The van der Waals surface area contributed by atoms with E-state index in [1.807, 2.05) is 0 Å². The molecular weight excluding hydrogens is 380 g/mol. The zero-order valence-electron chi connectivity index (χ0n) is 22.2. The molecule has 4 saturated heterocycles. The first kappa shape index (κ1) is 25.5. The number of hydrogen-bond donors (Lipinski definition) is 0. The molecule has 0 N–H and O–H groups in total. The first-order chi connectivity index (χ1) is 14.7. The van der Waals surface area contributed by atoms with E-state index < -0.39 is 0 Å². The molecule has 0 spiro atoms. The van der Waals surface area contributed by atoms with E-state index in [9.17, 15) is 0 Å². The molecule has 0 aliphatic carbocycles. The van der Waals surface area contributed by atoms with Crippen LogP contribution < -0.4 is 0 Å². The van der Waals surface area contributed by atoms with Gasteiger partial charge in [-0.1, -0.05) is 0 Å². The summed E-state index contributed by atoms with van der Waals surface area (Å²) >= 11 is 0. The zero-order valence-corrected chi connectivity index (χ0v) is 22.2. The van der Waals surface area contributed by atoms with E-state index in [-0.39, 0.29) is 0 Å². The lowest BCUT2D eigenvalue weighted by Gasteiger charge is -2.47. The van der Waals surface area contributed by atoms with E-state index in [0.717, 1.165) is 47.8 Å². The average molecular weight is 435 g/mol. The zero-order chi connectivity index (χ0) is 22.7. The summed E-state index contributed by atoms with van der Waals surface area (Å²) in [5.74, 6) is 3.89. The molecule has 4 nitrogen and oxygen atoms in total. The Morgan fingerprint density at radius 1 is 0.387 bits per heavy atom. The van der Waals surface area contributed by atoms with Crippen molar-refractivity contribution in [3.8, 4) is 0 Å². The Hall–Kier alpha value is -0.160. The summed E-state index contributed by atoms with van der Waals surface area (Å²) in [7, 11) is 0. The van der Waals surface area contributed by atoms with Gasteiger partial charge in [0, 0.05) is 56.9 Å². The van der Waals surface area contributed by atoms with E-state index in [1.165, 1.54) is 71.6 Å². The molecule has 4 fully saturated rings. The number of nitrogens with zero attached hydrogens (tertiary/aromatic N) is 4. The summed E-state index contributed by atoms with van der Waals surface area (Å²) in [4.78, 5) is 10.7. The average Bonchev–Trinajstić information content (AvgIpc) is 3.17. The van der Waals surface area contributed by atoms with Gasteiger partial charge in [0.25, 0.3) is 0 Å². The van der Waals surface area contributed by atoms with Crippen LogP contribution in [-0.4, -0.2) is 96.1 Å². The molecule has 4 heteroatoms. The predicted octanol–water partition coefficient (Wildman–Crippen LogP) is 4.50. The van der Waals surface area contributed by atoms with Crippen molar-refractivity contribution in [2.24, 2.45) is 23.7 Å². The highest BCUT2D eigenvalue weighted by Crippen LogP contribution is 2.33. The van der Waals surface area contributed by atoms with Gasteiger partial charge >= 0.3 is 0 Å². The molecule has 4 heterocycles. The Bertz CT molecular complexity index is 501. The van der Waals surface area contributed by atoms with Crippen molar-refractivity contribution in [2.75, 3.05) is 52.4 Å². The highest BCUT2D eigenvalue weighted by atomic mass is 15.2. The lowest BCUT2D eigenvalue weighted by Crippen LogP contribution is -2.52. The summed E-state index contributed by atoms with van der Waals surface area (Å²) in [5.41, 5.74) is 0. The van der Waals surface area contributed by atoms with Crippen LogP contribution in [-0.2, 0) is 0 Å². The second-order valence-electron chi connectivity index (χ2n) is 12.2. The summed E-state index contributed by atoms with van der Waals surface area (Å²) in [6, 6.07) is 2.95. The summed E-state index contributed by atoms with van der Waals surface area (Å²) in [6.07, 6.45) is 4.27. The lowest BCUT2D eigenvalue weighted by atomic mass is 9.79. The Morgan fingerprint density at radius 3 is 1.00 bits per heavy atom. The third kappa shape index (κ3) is 6.68. The minimum absolute atomic E-state index is 0.735. The smallest absolute Gasteiger partial charge is 0.00388 e. The van der Waals surface area contributed by atoms with Crippen LogP contribution in [0.2, 0.25) is 0 Å². The fraction of sp³-hybridized carbons (Fsp3) is 1.00. The SMILES string of the molecule is CC(C)N1CCC2CN(C(C)C)CC2C1.CC(C)N1CCC2CN(C(C)C)CCC2C1. The van der Waals surface area contributed by atoms with Crippen LogP contribution >= 0.6 is 0 Å². The molecule has 4 aliphatic rings. The molecule has 4 rings (SSSR count). The Labute approximate surface area is 194 Å². The third-order valence-corrected chi connectivity index (χ3v) is 8.96. The molecule has 4 unspecified atom stereocenters. The molecule has 0 aromatic heterocycles. The number of rotatable bonds is 4. The molecule has 0 bridgehead atoms. The van der Waals surface area contributed by atoms with Crippen molar-refractivity contribution in [1.29, 1.82) is 0 Å². The quantitative estimate of drug-likeness (QED) is 0.645. The topological polar surface area (TPSA) is 13.0 Å². The van der Waals surface area contributed by atoms with Crippen LogP contribution in [0.1, 0.15) is 74.7 Å². The number of fused-ring (bicyclic) bond motifs is 2. The number of likely N-dealkylation sites (tertiary alicyclic amines) is 4. The molecule has 182 valence electrons. The van der Waals surface area contributed by atoms with Crippen LogP contribution in [0.25, 0.3) is 0 Å². The number of hydrogen-bond acceptors (Lipinski definition) is 4. The fourth-order valence-electron chi connectivity index (χ4n) is 6.46. The van der Waals surface area contributed by atoms with Crippen molar-refractivity contribution in [2.45, 2.75) is 98.8 Å². The fourth-order valence-corrected chi connectivity index (χ4v) is 6.46. The summed E-state index contributed by atoms with van der Waals surface area (Å²) < 4.78 is 0. The standard InChI is InChI=1S/C14H28N2.C13H26N2/c1-11(2)15-7-5-14-10-16(12(3)4)8-6-13(14)9-15;1-10(2)14-6-5-12-7-15(11(3)4)9-13(12)8-14/h11-14H,5-10H2,1-4H3;10-13H,5-9H2,1-4H3. The second kappa shape index (κ2) is 11.3. The first-order valence-corrected chi connectivity index (χ1v) is 13.6. The summed E-state index contributed by atoms with van der Waals surface area (Å²) in [5, 5.41) is 0. The van der Waals surface area contributed by atoms with Crippen molar-refractivity contribution >= 4 is 0 Å². The molecule has 4 aliphatic heterocycles. The Balaban J connectivity index is 0.000000176. The van der Waals surface area contributed by atoms with Gasteiger partial charge < -0.3 is 19.6 Å². The maximum absolute atomic E-state index is 2.67. The monoisotopic (exact) mass is 434 g/mol. The van der Waals surface area contributed by atoms with Gasteiger partial charge in [-0.2, -0.15) is 0 Å². The predicted molar refractivity (Wildman–Crippen MR) is 135 cm³/mol.